The molecule has 0 aliphatic carbocycles. The summed E-state index contributed by atoms with van der Waals surface area (Å²) < 4.78 is 5.60. The first-order valence-corrected chi connectivity index (χ1v) is 7.27. The van der Waals surface area contributed by atoms with Gasteiger partial charge in [0.25, 0.3) is 0 Å². The Bertz CT molecular complexity index is 559. The van der Waals surface area contributed by atoms with Crippen molar-refractivity contribution in [1.82, 2.24) is 9.97 Å². The zero-order chi connectivity index (χ0) is 15.1. The first kappa shape index (κ1) is 15.1. The largest absolute Gasteiger partial charge is 0.476 e. The first-order chi connectivity index (χ1) is 10.2. The van der Waals surface area contributed by atoms with Crippen molar-refractivity contribution < 1.29 is 4.74 Å². The van der Waals surface area contributed by atoms with Gasteiger partial charge in [0.05, 0.1) is 12.3 Å². The van der Waals surface area contributed by atoms with E-state index in [1.165, 1.54) is 5.56 Å². The van der Waals surface area contributed by atoms with Crippen molar-refractivity contribution in [1.29, 1.82) is 0 Å². The number of hydrogen-bond acceptors (Lipinski definition) is 5. The van der Waals surface area contributed by atoms with E-state index >= 15 is 0 Å². The maximum Gasteiger partial charge on any atom is 0.239 e. The monoisotopic (exact) mass is 286 g/mol. The molecule has 5 heteroatoms. The molecule has 0 bridgehead atoms. The van der Waals surface area contributed by atoms with Crippen molar-refractivity contribution in [2.75, 3.05) is 23.8 Å². The van der Waals surface area contributed by atoms with E-state index < -0.39 is 0 Å². The molecule has 21 heavy (non-hydrogen) atoms. The van der Waals surface area contributed by atoms with E-state index in [1.54, 1.807) is 12.4 Å². The van der Waals surface area contributed by atoms with E-state index in [9.17, 15) is 0 Å². The number of aromatic nitrogens is 2. The quantitative estimate of drug-likeness (QED) is 0.848. The minimum Gasteiger partial charge on any atom is -0.476 e. The number of nitrogens with zero attached hydrogens (tertiary/aromatic N) is 3. The summed E-state index contributed by atoms with van der Waals surface area (Å²) in [4.78, 5) is 10.8. The second kappa shape index (κ2) is 7.47. The maximum atomic E-state index is 5.91. The van der Waals surface area contributed by atoms with Gasteiger partial charge in [0.1, 0.15) is 5.82 Å². The average molecular weight is 286 g/mol. The van der Waals surface area contributed by atoms with Crippen molar-refractivity contribution in [2.45, 2.75) is 26.8 Å². The Morgan fingerprint density at radius 1 is 1.14 bits per heavy atom. The van der Waals surface area contributed by atoms with Gasteiger partial charge in [-0.25, -0.2) is 0 Å². The molecule has 0 fully saturated rings. The van der Waals surface area contributed by atoms with Crippen LogP contribution in [0.1, 0.15) is 25.8 Å². The lowest BCUT2D eigenvalue weighted by molar-refractivity contribution is 0.307. The molecule has 0 atom stereocenters. The van der Waals surface area contributed by atoms with Gasteiger partial charge in [0.15, 0.2) is 0 Å². The Hall–Kier alpha value is -2.30. The summed E-state index contributed by atoms with van der Waals surface area (Å²) in [6.45, 7) is 6.42. The Labute approximate surface area is 125 Å². The van der Waals surface area contributed by atoms with Crippen LogP contribution in [-0.2, 0) is 6.54 Å². The standard InChI is InChI=1S/C16H22N4O/c1-3-11-21-16-14(17)5-6-15(19-16)20(4-2)12-13-7-9-18-10-8-13/h5-10H,3-4,11-12,17H2,1-2H3. The van der Waals surface area contributed by atoms with Crippen molar-refractivity contribution in [3.8, 4) is 5.88 Å². The third-order valence-corrected chi connectivity index (χ3v) is 3.15. The predicted molar refractivity (Wildman–Crippen MR) is 85.4 cm³/mol. The van der Waals surface area contributed by atoms with Crippen LogP contribution in [0.2, 0.25) is 0 Å². The molecule has 2 aromatic rings. The molecule has 0 spiro atoms. The van der Waals surface area contributed by atoms with Gasteiger partial charge in [-0.1, -0.05) is 6.92 Å². The average Bonchev–Trinajstić information content (AvgIpc) is 2.53. The van der Waals surface area contributed by atoms with Gasteiger partial charge in [-0.05, 0) is 43.2 Å². The normalized spacial score (nSPS) is 10.4. The third-order valence-electron chi connectivity index (χ3n) is 3.15. The molecule has 2 N–H and O–H groups in total. The van der Waals surface area contributed by atoms with Gasteiger partial charge in [0.2, 0.25) is 5.88 Å². The number of nitrogen functional groups attached to an aromatic ring is 1. The van der Waals surface area contributed by atoms with Gasteiger partial charge < -0.3 is 15.4 Å². The third kappa shape index (κ3) is 4.08. The van der Waals surface area contributed by atoms with Crippen molar-refractivity contribution in [2.24, 2.45) is 0 Å². The first-order valence-electron chi connectivity index (χ1n) is 7.27. The zero-order valence-corrected chi connectivity index (χ0v) is 12.6. The fourth-order valence-electron chi connectivity index (χ4n) is 2.00. The number of pyridine rings is 2. The smallest absolute Gasteiger partial charge is 0.239 e. The molecule has 5 nitrogen and oxygen atoms in total. The molecule has 112 valence electrons. The van der Waals surface area contributed by atoms with Crippen LogP contribution in [0, 0.1) is 0 Å². The maximum absolute atomic E-state index is 5.91. The summed E-state index contributed by atoms with van der Waals surface area (Å²) in [6, 6.07) is 7.80. The lowest BCUT2D eigenvalue weighted by atomic mass is 10.2. The lowest BCUT2D eigenvalue weighted by Crippen LogP contribution is -2.23. The molecule has 0 saturated carbocycles. The van der Waals surface area contributed by atoms with E-state index in [0.717, 1.165) is 25.3 Å². The van der Waals surface area contributed by atoms with E-state index in [4.69, 9.17) is 10.5 Å². The molecule has 0 saturated heterocycles. The highest BCUT2D eigenvalue weighted by atomic mass is 16.5. The second-order valence-corrected chi connectivity index (χ2v) is 4.78. The van der Waals surface area contributed by atoms with Crippen LogP contribution >= 0.6 is 0 Å². The summed E-state index contributed by atoms with van der Waals surface area (Å²) in [5.74, 6) is 1.39. The number of anilines is 2. The van der Waals surface area contributed by atoms with Gasteiger partial charge in [-0.15, -0.1) is 0 Å². The Balaban J connectivity index is 2.17. The minimum absolute atomic E-state index is 0.516. The second-order valence-electron chi connectivity index (χ2n) is 4.78. The van der Waals surface area contributed by atoms with Crippen LogP contribution < -0.4 is 15.4 Å². The van der Waals surface area contributed by atoms with E-state index in [0.29, 0.717) is 18.2 Å². The van der Waals surface area contributed by atoms with Gasteiger partial charge in [0, 0.05) is 25.5 Å². The van der Waals surface area contributed by atoms with E-state index in [-0.39, 0.29) is 0 Å². The van der Waals surface area contributed by atoms with Crippen molar-refractivity contribution >= 4 is 11.5 Å². The minimum atomic E-state index is 0.516. The van der Waals surface area contributed by atoms with Gasteiger partial charge in [-0.3, -0.25) is 4.98 Å². The highest BCUT2D eigenvalue weighted by Crippen LogP contribution is 2.24. The van der Waals surface area contributed by atoms with Crippen LogP contribution in [0.25, 0.3) is 0 Å². The molecule has 0 amide bonds. The predicted octanol–water partition coefficient (Wildman–Crippen LogP) is 2.87. The Kier molecular flexibility index (Phi) is 5.37. The summed E-state index contributed by atoms with van der Waals surface area (Å²) >= 11 is 0. The molecule has 2 aromatic heterocycles. The van der Waals surface area contributed by atoms with Crippen LogP contribution in [0.4, 0.5) is 11.5 Å². The number of hydrogen-bond donors (Lipinski definition) is 1. The summed E-state index contributed by atoms with van der Waals surface area (Å²) in [5, 5.41) is 0. The fourth-order valence-corrected chi connectivity index (χ4v) is 2.00. The van der Waals surface area contributed by atoms with Crippen molar-refractivity contribution in [3.63, 3.8) is 0 Å². The summed E-state index contributed by atoms with van der Waals surface area (Å²) in [7, 11) is 0. The van der Waals surface area contributed by atoms with E-state index in [2.05, 4.69) is 28.7 Å². The molecule has 0 radical (unpaired) electrons. The fraction of sp³-hybridized carbons (Fsp3) is 0.375. The molecular weight excluding hydrogens is 264 g/mol. The molecule has 0 aliphatic heterocycles. The number of rotatable bonds is 7. The topological polar surface area (TPSA) is 64.3 Å². The zero-order valence-electron chi connectivity index (χ0n) is 12.6. The Morgan fingerprint density at radius 3 is 2.57 bits per heavy atom. The Morgan fingerprint density at radius 2 is 1.90 bits per heavy atom. The summed E-state index contributed by atoms with van der Waals surface area (Å²) in [5.41, 5.74) is 7.68. The highest BCUT2D eigenvalue weighted by molar-refractivity contribution is 5.54. The van der Waals surface area contributed by atoms with Crippen LogP contribution in [0.5, 0.6) is 5.88 Å². The summed E-state index contributed by atoms with van der Waals surface area (Å²) in [6.07, 6.45) is 4.53. The van der Waals surface area contributed by atoms with Crippen LogP contribution in [0.15, 0.2) is 36.7 Å². The van der Waals surface area contributed by atoms with Crippen LogP contribution in [-0.4, -0.2) is 23.1 Å². The molecular formula is C16H22N4O. The van der Waals surface area contributed by atoms with Gasteiger partial charge >= 0.3 is 0 Å². The number of ether oxygens (including phenoxy) is 1. The molecule has 0 aromatic carbocycles. The molecule has 0 aliphatic rings. The lowest BCUT2D eigenvalue weighted by Gasteiger charge is -2.23. The van der Waals surface area contributed by atoms with Crippen molar-refractivity contribution in [3.05, 3.63) is 42.2 Å². The SMILES string of the molecule is CCCOc1nc(N(CC)Cc2ccncc2)ccc1N. The van der Waals surface area contributed by atoms with Crippen LogP contribution in [0.3, 0.4) is 0 Å². The molecule has 2 heterocycles. The van der Waals surface area contributed by atoms with Gasteiger partial charge in [-0.2, -0.15) is 4.98 Å². The highest BCUT2D eigenvalue weighted by Gasteiger charge is 2.10. The number of nitrogens with two attached hydrogens (primary N) is 1. The molecule has 2 rings (SSSR count). The van der Waals surface area contributed by atoms with E-state index in [1.807, 2.05) is 24.3 Å². The molecule has 0 unspecified atom stereocenters.